The zero-order valence-corrected chi connectivity index (χ0v) is 11.1. The van der Waals surface area contributed by atoms with Gasteiger partial charge >= 0.3 is 0 Å². The summed E-state index contributed by atoms with van der Waals surface area (Å²) in [5.74, 6) is 0.165. The molecule has 0 saturated carbocycles. The quantitative estimate of drug-likeness (QED) is 0.869. The molecule has 0 aliphatic heterocycles. The normalized spacial score (nSPS) is 10.1. The van der Waals surface area contributed by atoms with Crippen molar-refractivity contribution in [2.45, 2.75) is 0 Å². The van der Waals surface area contributed by atoms with Crippen LogP contribution in [0.3, 0.4) is 0 Å². The van der Waals surface area contributed by atoms with Gasteiger partial charge in [-0.15, -0.1) is 0 Å². The highest BCUT2D eigenvalue weighted by atomic mass is 127. The summed E-state index contributed by atoms with van der Waals surface area (Å²) in [6.07, 6.45) is 1.07. The molecule has 0 radical (unpaired) electrons. The Bertz CT molecular complexity index is 536. The third-order valence-electron chi connectivity index (χ3n) is 1.95. The Morgan fingerprint density at radius 3 is 2.94 bits per heavy atom. The van der Waals surface area contributed by atoms with E-state index in [1.165, 1.54) is 0 Å². The molecule has 0 saturated heterocycles. The largest absolute Gasteiger partial charge is 0.436 e. The molecule has 0 aliphatic rings. The lowest BCUT2D eigenvalue weighted by atomic mass is 10.3. The van der Waals surface area contributed by atoms with E-state index in [0.717, 1.165) is 9.77 Å². The van der Waals surface area contributed by atoms with E-state index < -0.39 is 5.82 Å². The van der Waals surface area contributed by atoms with Gasteiger partial charge in [0.15, 0.2) is 0 Å². The van der Waals surface area contributed by atoms with Crippen molar-refractivity contribution in [2.75, 3.05) is 12.4 Å². The van der Waals surface area contributed by atoms with Crippen molar-refractivity contribution < 1.29 is 9.13 Å². The number of hydrogen-bond donors (Lipinski definition) is 1. The maximum absolute atomic E-state index is 13.4. The Kier molecular flexibility index (Phi) is 3.72. The van der Waals surface area contributed by atoms with Gasteiger partial charge < -0.3 is 10.1 Å². The number of benzene rings is 1. The number of anilines is 1. The molecular formula is C11H9FIN3O. The smallest absolute Gasteiger partial charge is 0.260 e. The summed E-state index contributed by atoms with van der Waals surface area (Å²) in [5, 5.41) is 2.72. The summed E-state index contributed by atoms with van der Waals surface area (Å²) in [4.78, 5) is 7.63. The lowest BCUT2D eigenvalue weighted by Gasteiger charge is -2.07. The summed E-state index contributed by atoms with van der Waals surface area (Å²) < 4.78 is 19.8. The summed E-state index contributed by atoms with van der Waals surface area (Å²) in [5.41, 5.74) is 0. The highest BCUT2D eigenvalue weighted by molar-refractivity contribution is 14.1. The van der Waals surface area contributed by atoms with Gasteiger partial charge in [-0.2, -0.15) is 9.37 Å². The summed E-state index contributed by atoms with van der Waals surface area (Å²) >= 11 is 2.15. The van der Waals surface area contributed by atoms with Gasteiger partial charge in [-0.25, -0.2) is 4.98 Å². The molecule has 88 valence electrons. The van der Waals surface area contributed by atoms with Crippen LogP contribution in [0.2, 0.25) is 0 Å². The number of hydrogen-bond acceptors (Lipinski definition) is 4. The molecule has 0 fully saturated rings. The molecule has 0 aliphatic carbocycles. The van der Waals surface area contributed by atoms with Gasteiger partial charge in [0.25, 0.3) is 5.88 Å². The molecule has 0 atom stereocenters. The Labute approximate surface area is 111 Å². The van der Waals surface area contributed by atoms with E-state index in [2.05, 4.69) is 37.9 Å². The van der Waals surface area contributed by atoms with Crippen LogP contribution in [0.5, 0.6) is 11.6 Å². The van der Waals surface area contributed by atoms with Crippen molar-refractivity contribution in [3.05, 3.63) is 39.8 Å². The van der Waals surface area contributed by atoms with Crippen molar-refractivity contribution in [2.24, 2.45) is 0 Å². The van der Waals surface area contributed by atoms with Crippen LogP contribution in [0.25, 0.3) is 0 Å². The summed E-state index contributed by atoms with van der Waals surface area (Å²) in [7, 11) is 1.66. The number of nitrogens with zero attached hydrogens (tertiary/aromatic N) is 2. The molecule has 4 nitrogen and oxygen atoms in total. The fourth-order valence-corrected chi connectivity index (χ4v) is 1.70. The van der Waals surface area contributed by atoms with E-state index >= 15 is 0 Å². The van der Waals surface area contributed by atoms with Crippen molar-refractivity contribution in [3.8, 4) is 11.6 Å². The molecule has 2 aromatic rings. The Morgan fingerprint density at radius 2 is 2.24 bits per heavy atom. The van der Waals surface area contributed by atoms with Crippen molar-refractivity contribution in [3.63, 3.8) is 0 Å². The van der Waals surface area contributed by atoms with Crippen LogP contribution < -0.4 is 10.1 Å². The van der Waals surface area contributed by atoms with Crippen molar-refractivity contribution >= 4 is 28.5 Å². The third kappa shape index (κ3) is 3.02. The lowest BCUT2D eigenvalue weighted by Crippen LogP contribution is -2.00. The fraction of sp³-hybridized carbons (Fsp3) is 0.0909. The molecule has 0 bridgehead atoms. The van der Waals surface area contributed by atoms with Crippen LogP contribution in [0.15, 0.2) is 30.5 Å². The second-order valence-corrected chi connectivity index (χ2v) is 4.40. The van der Waals surface area contributed by atoms with Crippen molar-refractivity contribution in [1.82, 2.24) is 9.97 Å². The van der Waals surface area contributed by atoms with E-state index in [9.17, 15) is 4.39 Å². The van der Waals surface area contributed by atoms with Crippen LogP contribution in [0.4, 0.5) is 10.3 Å². The molecule has 1 aromatic heterocycles. The molecule has 1 N–H and O–H groups in total. The molecular weight excluding hydrogens is 336 g/mol. The van der Waals surface area contributed by atoms with Gasteiger partial charge in [-0.05, 0) is 40.8 Å². The Hall–Kier alpha value is -1.44. The van der Waals surface area contributed by atoms with Gasteiger partial charge in [-0.1, -0.05) is 6.07 Å². The zero-order valence-electron chi connectivity index (χ0n) is 8.95. The highest BCUT2D eigenvalue weighted by Gasteiger charge is 2.08. The molecule has 6 heteroatoms. The third-order valence-corrected chi connectivity index (χ3v) is 2.62. The topological polar surface area (TPSA) is 47.0 Å². The molecule has 0 unspecified atom stereocenters. The predicted molar refractivity (Wildman–Crippen MR) is 70.8 cm³/mol. The minimum atomic E-state index is -0.595. The number of nitrogens with one attached hydrogen (secondary N) is 1. The first kappa shape index (κ1) is 12.0. The van der Waals surface area contributed by atoms with E-state index in [1.807, 2.05) is 12.1 Å². The number of ether oxygens (including phenoxy) is 1. The highest BCUT2D eigenvalue weighted by Crippen LogP contribution is 2.23. The average Bonchev–Trinajstić information content (AvgIpc) is 2.32. The maximum Gasteiger partial charge on any atom is 0.260 e. The molecule has 17 heavy (non-hydrogen) atoms. The second-order valence-electron chi connectivity index (χ2n) is 3.16. The molecule has 1 heterocycles. The van der Waals surface area contributed by atoms with Crippen LogP contribution in [0, 0.1) is 9.39 Å². The van der Waals surface area contributed by atoms with Gasteiger partial charge in [0.2, 0.25) is 11.8 Å². The molecule has 2 rings (SSSR count). The van der Waals surface area contributed by atoms with Gasteiger partial charge in [0, 0.05) is 10.6 Å². The SMILES string of the molecule is CNc1ncc(F)c(Oc2cccc(I)c2)n1. The van der Waals surface area contributed by atoms with Crippen LogP contribution >= 0.6 is 22.6 Å². The number of halogens is 2. The lowest BCUT2D eigenvalue weighted by molar-refractivity contribution is 0.420. The minimum Gasteiger partial charge on any atom is -0.436 e. The molecule has 1 aromatic carbocycles. The monoisotopic (exact) mass is 345 g/mol. The number of rotatable bonds is 3. The zero-order chi connectivity index (χ0) is 12.3. The average molecular weight is 345 g/mol. The molecule has 0 spiro atoms. The van der Waals surface area contributed by atoms with Gasteiger partial charge in [0.1, 0.15) is 5.75 Å². The van der Waals surface area contributed by atoms with E-state index in [4.69, 9.17) is 4.74 Å². The summed E-state index contributed by atoms with van der Waals surface area (Å²) in [6, 6.07) is 7.28. The van der Waals surface area contributed by atoms with Crippen LogP contribution in [-0.4, -0.2) is 17.0 Å². The maximum atomic E-state index is 13.4. The first-order chi connectivity index (χ1) is 8.19. The first-order valence-corrected chi connectivity index (χ1v) is 5.90. The fourth-order valence-electron chi connectivity index (χ4n) is 1.19. The minimum absolute atomic E-state index is 0.0913. The Morgan fingerprint density at radius 1 is 1.41 bits per heavy atom. The number of aromatic nitrogens is 2. The van der Waals surface area contributed by atoms with E-state index in [0.29, 0.717) is 11.7 Å². The van der Waals surface area contributed by atoms with Gasteiger partial charge in [-0.3, -0.25) is 0 Å². The van der Waals surface area contributed by atoms with Gasteiger partial charge in [0.05, 0.1) is 6.20 Å². The first-order valence-electron chi connectivity index (χ1n) is 4.83. The standard InChI is InChI=1S/C11H9FIN3O/c1-14-11-15-6-9(12)10(16-11)17-8-4-2-3-7(13)5-8/h2-6H,1H3,(H,14,15,16). The predicted octanol–water partition coefficient (Wildman–Crippen LogP) is 3.05. The van der Waals surface area contributed by atoms with E-state index in [1.54, 1.807) is 19.2 Å². The van der Waals surface area contributed by atoms with Crippen molar-refractivity contribution in [1.29, 1.82) is 0 Å². The molecule has 0 amide bonds. The van der Waals surface area contributed by atoms with Crippen LogP contribution in [-0.2, 0) is 0 Å². The van der Waals surface area contributed by atoms with Crippen LogP contribution in [0.1, 0.15) is 0 Å². The Balaban J connectivity index is 2.29. The summed E-state index contributed by atoms with van der Waals surface area (Å²) in [6.45, 7) is 0. The van der Waals surface area contributed by atoms with E-state index in [-0.39, 0.29) is 5.88 Å². The second kappa shape index (κ2) is 5.26.